The average Bonchev–Trinajstić information content (AvgIpc) is 2.71. The Hall–Kier alpha value is -2.08. The van der Waals surface area contributed by atoms with Gasteiger partial charge in [0.25, 0.3) is 0 Å². The summed E-state index contributed by atoms with van der Waals surface area (Å²) in [5.74, 6) is 0. The molecule has 126 valence electrons. The molecule has 4 rings (SSSR count). The van der Waals surface area contributed by atoms with Crippen LogP contribution in [0.4, 0.5) is 0 Å². The van der Waals surface area contributed by atoms with E-state index < -0.39 is 0 Å². The third-order valence-electron chi connectivity index (χ3n) is 4.01. The van der Waals surface area contributed by atoms with Crippen LogP contribution in [0.15, 0.2) is 109 Å². The summed E-state index contributed by atoms with van der Waals surface area (Å²) in [6.45, 7) is 0. The van der Waals surface area contributed by atoms with Crippen LogP contribution in [0.2, 0.25) is 0 Å². The van der Waals surface area contributed by atoms with Gasteiger partial charge in [0.1, 0.15) is 0 Å². The molecular weight excluding hydrogens is 446 g/mol. The van der Waals surface area contributed by atoms with E-state index in [1.54, 1.807) is 0 Å². The molecule has 0 aliphatic rings. The maximum atomic E-state index is 2.29. The van der Waals surface area contributed by atoms with Crippen molar-refractivity contribution in [3.05, 3.63) is 109 Å². The maximum absolute atomic E-state index is 2.29. The second-order valence-corrected chi connectivity index (χ2v) is 10.5. The molecule has 0 bridgehead atoms. The summed E-state index contributed by atoms with van der Waals surface area (Å²) in [6.07, 6.45) is 0. The Labute approximate surface area is 167 Å². The Balaban J connectivity index is 1.72. The molecule has 0 N–H and O–H groups in total. The molecule has 0 radical (unpaired) electrons. The van der Waals surface area contributed by atoms with Crippen LogP contribution in [0.1, 0.15) is 0 Å². The van der Waals surface area contributed by atoms with Gasteiger partial charge in [-0.15, -0.1) is 0 Å². The quantitative estimate of drug-likeness (QED) is 0.399. The zero-order valence-corrected chi connectivity index (χ0v) is 17.6. The van der Waals surface area contributed by atoms with E-state index in [0.717, 1.165) is 0 Å². The monoisotopic (exact) mass is 466 g/mol. The van der Waals surface area contributed by atoms with E-state index in [1.165, 1.54) is 29.0 Å². The Kier molecular flexibility index (Phi) is 5.69. The van der Waals surface area contributed by atoms with Crippen molar-refractivity contribution in [2.75, 3.05) is 0 Å². The van der Waals surface area contributed by atoms with Gasteiger partial charge in [0.15, 0.2) is 0 Å². The fraction of sp³-hybridized carbons (Fsp3) is 0. The molecule has 0 fully saturated rings. The van der Waals surface area contributed by atoms with Gasteiger partial charge in [0.05, 0.1) is 0 Å². The number of benzene rings is 4. The fourth-order valence-electron chi connectivity index (χ4n) is 2.79. The Bertz CT molecular complexity index is 896. The molecule has 0 aromatic heterocycles. The van der Waals surface area contributed by atoms with Crippen LogP contribution in [-0.2, 0) is 0 Å². The normalized spacial score (nSPS) is 10.6. The molecule has 0 spiro atoms. The number of hydrogen-bond acceptors (Lipinski definition) is 0. The number of rotatable bonds is 5. The van der Waals surface area contributed by atoms with Crippen LogP contribution in [0.5, 0.6) is 0 Å². The van der Waals surface area contributed by atoms with Gasteiger partial charge in [-0.2, -0.15) is 0 Å². The predicted octanol–water partition coefficient (Wildman–Crippen LogP) is 2.66. The van der Waals surface area contributed by atoms with Crippen molar-refractivity contribution < 1.29 is 0 Å². The minimum atomic E-state index is 0.310. The van der Waals surface area contributed by atoms with E-state index in [2.05, 4.69) is 109 Å². The second kappa shape index (κ2) is 8.53. The van der Waals surface area contributed by atoms with Crippen LogP contribution in [-0.4, -0.2) is 29.9 Å². The van der Waals surface area contributed by atoms with Crippen molar-refractivity contribution >= 4 is 47.8 Å². The molecule has 26 heavy (non-hydrogen) atoms. The Morgan fingerprint density at radius 2 is 0.692 bits per heavy atom. The summed E-state index contributed by atoms with van der Waals surface area (Å²) in [6, 6.07) is 39.4. The van der Waals surface area contributed by atoms with E-state index in [9.17, 15) is 0 Å². The van der Waals surface area contributed by atoms with Crippen LogP contribution < -0.4 is 17.8 Å². The summed E-state index contributed by atoms with van der Waals surface area (Å²) in [5, 5.41) is 0. The molecule has 0 saturated carbocycles. The van der Waals surface area contributed by atoms with Gasteiger partial charge in [-0.1, -0.05) is 0 Å². The van der Waals surface area contributed by atoms with Crippen molar-refractivity contribution in [1.29, 1.82) is 0 Å². The standard InChI is InChI=1S/C24H18Se2/c1-3-11-19(12-4-1)25-23-17-9-7-15-21(23)22-16-8-10-18-24(22)26-20-13-5-2-6-14-20/h1-18H. The first-order valence-electron chi connectivity index (χ1n) is 8.54. The first-order chi connectivity index (χ1) is 12.9. The first-order valence-corrected chi connectivity index (χ1v) is 12.0. The Morgan fingerprint density at radius 3 is 1.12 bits per heavy atom. The summed E-state index contributed by atoms with van der Waals surface area (Å²) in [5.41, 5.74) is 2.76. The summed E-state index contributed by atoms with van der Waals surface area (Å²) >= 11 is 0.620. The van der Waals surface area contributed by atoms with Crippen LogP contribution in [0.25, 0.3) is 11.1 Å². The minimum absolute atomic E-state index is 0.310. The molecule has 0 atom stereocenters. The van der Waals surface area contributed by atoms with Crippen molar-refractivity contribution in [2.45, 2.75) is 0 Å². The zero-order valence-electron chi connectivity index (χ0n) is 14.2. The van der Waals surface area contributed by atoms with Gasteiger partial charge in [-0.25, -0.2) is 0 Å². The van der Waals surface area contributed by atoms with Gasteiger partial charge in [-0.05, 0) is 0 Å². The molecule has 0 heterocycles. The van der Waals surface area contributed by atoms with E-state index in [1.807, 2.05) is 0 Å². The van der Waals surface area contributed by atoms with Crippen LogP contribution >= 0.6 is 0 Å². The SMILES string of the molecule is c1ccc([Se]c2ccccc2-c2ccccc2[Se]c2ccccc2)cc1. The molecule has 4 aromatic carbocycles. The zero-order chi connectivity index (χ0) is 17.6. The molecular formula is C24H18Se2. The van der Waals surface area contributed by atoms with Gasteiger partial charge in [0, 0.05) is 0 Å². The van der Waals surface area contributed by atoms with E-state index in [0.29, 0.717) is 29.9 Å². The van der Waals surface area contributed by atoms with Gasteiger partial charge in [0.2, 0.25) is 0 Å². The second-order valence-electron chi connectivity index (χ2n) is 5.82. The summed E-state index contributed by atoms with van der Waals surface area (Å²) in [7, 11) is 0. The molecule has 0 nitrogen and oxygen atoms in total. The van der Waals surface area contributed by atoms with E-state index in [4.69, 9.17) is 0 Å². The van der Waals surface area contributed by atoms with Gasteiger partial charge < -0.3 is 0 Å². The molecule has 2 heteroatoms. The predicted molar refractivity (Wildman–Crippen MR) is 115 cm³/mol. The molecule has 0 amide bonds. The topological polar surface area (TPSA) is 0 Å². The van der Waals surface area contributed by atoms with Crippen LogP contribution in [0.3, 0.4) is 0 Å². The molecule has 0 aliphatic carbocycles. The van der Waals surface area contributed by atoms with Crippen molar-refractivity contribution in [1.82, 2.24) is 0 Å². The fourth-order valence-corrected chi connectivity index (χ4v) is 6.91. The van der Waals surface area contributed by atoms with E-state index in [-0.39, 0.29) is 0 Å². The third kappa shape index (κ3) is 4.18. The van der Waals surface area contributed by atoms with E-state index >= 15 is 0 Å². The Morgan fingerprint density at radius 1 is 0.346 bits per heavy atom. The third-order valence-corrected chi connectivity index (χ3v) is 8.55. The summed E-state index contributed by atoms with van der Waals surface area (Å²) < 4.78 is 5.72. The van der Waals surface area contributed by atoms with Crippen LogP contribution in [0, 0.1) is 0 Å². The molecule has 0 unspecified atom stereocenters. The molecule has 0 saturated heterocycles. The molecule has 0 aliphatic heterocycles. The van der Waals surface area contributed by atoms with Crippen molar-refractivity contribution in [2.24, 2.45) is 0 Å². The number of hydrogen-bond donors (Lipinski definition) is 0. The van der Waals surface area contributed by atoms with Crippen molar-refractivity contribution in [3.8, 4) is 11.1 Å². The first kappa shape index (κ1) is 17.3. The average molecular weight is 464 g/mol. The van der Waals surface area contributed by atoms with Crippen molar-refractivity contribution in [3.63, 3.8) is 0 Å². The summed E-state index contributed by atoms with van der Waals surface area (Å²) in [4.78, 5) is 0. The van der Waals surface area contributed by atoms with Gasteiger partial charge in [-0.3, -0.25) is 0 Å². The molecule has 4 aromatic rings. The van der Waals surface area contributed by atoms with Gasteiger partial charge >= 0.3 is 168 Å².